The molecule has 0 aromatic rings. The summed E-state index contributed by atoms with van der Waals surface area (Å²) in [6.07, 6.45) is 3.24. The molecular formula is C15H22N4O. The van der Waals surface area contributed by atoms with Crippen LogP contribution in [0.1, 0.15) is 20.8 Å². The highest BCUT2D eigenvalue weighted by atomic mass is 16.1. The molecule has 1 fully saturated rings. The molecule has 5 heteroatoms. The largest absolute Gasteiger partial charge is 0.338 e. The van der Waals surface area contributed by atoms with Crippen molar-refractivity contribution in [2.75, 3.05) is 33.2 Å². The fourth-order valence-electron chi connectivity index (χ4n) is 2.07. The topological polar surface area (TPSA) is 48.3 Å². The van der Waals surface area contributed by atoms with Gasteiger partial charge in [-0.3, -0.25) is 4.79 Å². The van der Waals surface area contributed by atoms with Gasteiger partial charge in [0, 0.05) is 49.4 Å². The smallest absolute Gasteiger partial charge is 0.233 e. The van der Waals surface area contributed by atoms with Gasteiger partial charge in [-0.05, 0) is 12.9 Å². The van der Waals surface area contributed by atoms with E-state index in [-0.39, 0.29) is 5.78 Å². The Hall–Kier alpha value is -1.71. The Balaban J connectivity index is 2.16. The Morgan fingerprint density at radius 2 is 1.90 bits per heavy atom. The Labute approximate surface area is 120 Å². The lowest BCUT2D eigenvalue weighted by molar-refractivity contribution is -0.122. The van der Waals surface area contributed by atoms with Gasteiger partial charge in [0.05, 0.1) is 0 Å². The molecule has 0 spiro atoms. The van der Waals surface area contributed by atoms with Crippen LogP contribution in [0.5, 0.6) is 0 Å². The van der Waals surface area contributed by atoms with E-state index in [4.69, 9.17) is 0 Å². The molecule has 2 heterocycles. The maximum Gasteiger partial charge on any atom is 0.233 e. The van der Waals surface area contributed by atoms with Crippen LogP contribution in [0.3, 0.4) is 0 Å². The molecule has 2 rings (SSSR count). The predicted molar refractivity (Wildman–Crippen MR) is 81.1 cm³/mol. The Bertz CT molecular complexity index is 510. The zero-order valence-electron chi connectivity index (χ0n) is 12.7. The molecule has 0 aromatic carbocycles. The lowest BCUT2D eigenvalue weighted by Crippen LogP contribution is -2.46. The van der Waals surface area contributed by atoms with E-state index < -0.39 is 5.41 Å². The van der Waals surface area contributed by atoms with Crippen molar-refractivity contribution >= 4 is 17.6 Å². The normalized spacial score (nSPS) is 20.5. The second-order valence-electron chi connectivity index (χ2n) is 6.27. The first-order chi connectivity index (χ1) is 9.38. The minimum Gasteiger partial charge on any atom is -0.338 e. The Morgan fingerprint density at radius 1 is 1.25 bits per heavy atom. The first-order valence-corrected chi connectivity index (χ1v) is 6.93. The molecule has 0 N–H and O–H groups in total. The van der Waals surface area contributed by atoms with Crippen molar-refractivity contribution in [1.29, 1.82) is 0 Å². The predicted octanol–water partition coefficient (Wildman–Crippen LogP) is 1.33. The third-order valence-corrected chi connectivity index (χ3v) is 3.43. The molecule has 0 aromatic heterocycles. The van der Waals surface area contributed by atoms with Crippen molar-refractivity contribution in [3.63, 3.8) is 0 Å². The molecule has 2 aliphatic rings. The van der Waals surface area contributed by atoms with Gasteiger partial charge < -0.3 is 9.80 Å². The van der Waals surface area contributed by atoms with E-state index in [0.717, 1.165) is 26.2 Å². The van der Waals surface area contributed by atoms with Crippen molar-refractivity contribution < 1.29 is 4.79 Å². The van der Waals surface area contributed by atoms with Crippen molar-refractivity contribution in [3.8, 4) is 0 Å². The van der Waals surface area contributed by atoms with E-state index in [2.05, 4.69) is 32.7 Å². The average Bonchev–Trinajstić information content (AvgIpc) is 2.63. The third-order valence-electron chi connectivity index (χ3n) is 3.43. The van der Waals surface area contributed by atoms with Gasteiger partial charge in [0.1, 0.15) is 0 Å². The first-order valence-electron chi connectivity index (χ1n) is 6.93. The minimum atomic E-state index is -0.419. The summed E-state index contributed by atoms with van der Waals surface area (Å²) in [5.74, 6) is 3.54. The van der Waals surface area contributed by atoms with E-state index >= 15 is 0 Å². The van der Waals surface area contributed by atoms with E-state index in [9.17, 15) is 4.79 Å². The molecular weight excluding hydrogens is 252 g/mol. The molecule has 1 saturated heterocycles. The summed E-state index contributed by atoms with van der Waals surface area (Å²) in [4.78, 5) is 25.2. The average molecular weight is 274 g/mol. The maximum absolute atomic E-state index is 12.2. The minimum absolute atomic E-state index is 0.0589. The van der Waals surface area contributed by atoms with Crippen LogP contribution in [0.25, 0.3) is 0 Å². The standard InChI is InChI=1S/C15H22N4O/c1-15(2,3)13(20)12-5-6-16-14(17-11-12)19-9-7-18(4)8-10-19/h5,11H,7-10H2,1-4H3. The third kappa shape index (κ3) is 3.44. The molecule has 0 saturated carbocycles. The molecule has 20 heavy (non-hydrogen) atoms. The number of piperazine rings is 1. The first kappa shape index (κ1) is 14.7. The lowest BCUT2D eigenvalue weighted by Gasteiger charge is -2.32. The number of ketones is 1. The van der Waals surface area contributed by atoms with Crippen molar-refractivity contribution in [2.24, 2.45) is 15.4 Å². The van der Waals surface area contributed by atoms with Crippen LogP contribution in [0.2, 0.25) is 0 Å². The van der Waals surface area contributed by atoms with Gasteiger partial charge in [-0.2, -0.15) is 4.99 Å². The van der Waals surface area contributed by atoms with E-state index in [1.54, 1.807) is 12.3 Å². The summed E-state index contributed by atoms with van der Waals surface area (Å²) in [6.45, 7) is 9.49. The molecule has 0 radical (unpaired) electrons. The van der Waals surface area contributed by atoms with Crippen LogP contribution in [0, 0.1) is 5.41 Å². The molecule has 108 valence electrons. The van der Waals surface area contributed by atoms with Gasteiger partial charge >= 0.3 is 0 Å². The monoisotopic (exact) mass is 274 g/mol. The molecule has 0 amide bonds. The summed E-state index contributed by atoms with van der Waals surface area (Å²) in [6, 6.07) is 0. The number of guanidine groups is 1. The highest BCUT2D eigenvalue weighted by Crippen LogP contribution is 2.20. The summed E-state index contributed by atoms with van der Waals surface area (Å²) in [5.41, 5.74) is 0.142. The molecule has 0 aliphatic carbocycles. The summed E-state index contributed by atoms with van der Waals surface area (Å²) >= 11 is 0. The maximum atomic E-state index is 12.2. The number of rotatable bonds is 1. The number of hydrogen-bond acceptors (Lipinski definition) is 5. The second kappa shape index (κ2) is 5.73. The van der Waals surface area contributed by atoms with Gasteiger partial charge in [0.15, 0.2) is 5.78 Å². The number of nitrogens with zero attached hydrogens (tertiary/aromatic N) is 4. The van der Waals surface area contributed by atoms with Crippen molar-refractivity contribution in [1.82, 2.24) is 9.80 Å². The van der Waals surface area contributed by atoms with Crippen LogP contribution in [-0.4, -0.2) is 60.6 Å². The van der Waals surface area contributed by atoms with Crippen LogP contribution in [0.15, 0.2) is 27.8 Å². The summed E-state index contributed by atoms with van der Waals surface area (Å²) in [7, 11) is 2.11. The number of likely N-dealkylation sites (N-methyl/N-ethyl adjacent to an activating group) is 1. The van der Waals surface area contributed by atoms with Crippen LogP contribution < -0.4 is 0 Å². The highest BCUT2D eigenvalue weighted by molar-refractivity contribution is 6.04. The van der Waals surface area contributed by atoms with E-state index in [1.165, 1.54) is 0 Å². The molecule has 2 aliphatic heterocycles. The zero-order chi connectivity index (χ0) is 14.8. The number of carbonyl (C=O) groups is 1. The molecule has 5 nitrogen and oxygen atoms in total. The number of aliphatic imine (C=N–C) groups is 2. The molecule has 0 unspecified atom stereocenters. The molecule has 0 bridgehead atoms. The Kier molecular flexibility index (Phi) is 4.21. The SMILES string of the molecule is CN1CCN(C2=NC=C(C(=O)C(C)(C)C)C=C=N2)CC1. The number of Topliss-reactive ketones (excluding diaryl/α,β-unsaturated/α-hetero) is 1. The van der Waals surface area contributed by atoms with Gasteiger partial charge in [-0.25, -0.2) is 4.99 Å². The fourth-order valence-corrected chi connectivity index (χ4v) is 2.07. The number of allylic oxidation sites excluding steroid dienone is 2. The van der Waals surface area contributed by atoms with Gasteiger partial charge in [-0.15, -0.1) is 0 Å². The number of carbonyl (C=O) groups excluding carboxylic acids is 1. The van der Waals surface area contributed by atoms with Crippen molar-refractivity contribution in [3.05, 3.63) is 17.8 Å². The quantitative estimate of drug-likeness (QED) is 0.725. The van der Waals surface area contributed by atoms with Crippen LogP contribution >= 0.6 is 0 Å². The zero-order valence-corrected chi connectivity index (χ0v) is 12.7. The van der Waals surface area contributed by atoms with Gasteiger partial charge in [0.25, 0.3) is 0 Å². The summed E-state index contributed by atoms with van der Waals surface area (Å²) < 4.78 is 0. The van der Waals surface area contributed by atoms with E-state index in [0.29, 0.717) is 11.5 Å². The highest BCUT2D eigenvalue weighted by Gasteiger charge is 2.24. The molecule has 0 atom stereocenters. The second-order valence-corrected chi connectivity index (χ2v) is 6.27. The van der Waals surface area contributed by atoms with Gasteiger partial charge in [-0.1, -0.05) is 20.8 Å². The fraction of sp³-hybridized carbons (Fsp3) is 0.600. The lowest BCUT2D eigenvalue weighted by atomic mass is 9.86. The van der Waals surface area contributed by atoms with E-state index in [1.807, 2.05) is 20.8 Å². The number of hydrogen-bond donors (Lipinski definition) is 0. The Morgan fingerprint density at radius 3 is 2.50 bits per heavy atom. The van der Waals surface area contributed by atoms with Crippen molar-refractivity contribution in [2.45, 2.75) is 20.8 Å². The summed E-state index contributed by atoms with van der Waals surface area (Å²) in [5, 5.41) is 0. The van der Waals surface area contributed by atoms with Crippen LogP contribution in [0.4, 0.5) is 0 Å². The van der Waals surface area contributed by atoms with Gasteiger partial charge in [0.2, 0.25) is 5.96 Å². The van der Waals surface area contributed by atoms with Crippen LogP contribution in [-0.2, 0) is 4.79 Å².